The van der Waals surface area contributed by atoms with Crippen LogP contribution < -0.4 is 0 Å². The highest BCUT2D eigenvalue weighted by Crippen LogP contribution is 2.03. The van der Waals surface area contributed by atoms with Crippen molar-refractivity contribution in [2.24, 2.45) is 0 Å². The molecule has 19 heavy (non-hydrogen) atoms. The summed E-state index contributed by atoms with van der Waals surface area (Å²) in [5.41, 5.74) is 0.124. The van der Waals surface area contributed by atoms with Gasteiger partial charge >= 0.3 is 11.9 Å². The molecule has 0 saturated carbocycles. The van der Waals surface area contributed by atoms with Crippen LogP contribution in [0, 0.1) is 11.3 Å². The zero-order valence-corrected chi connectivity index (χ0v) is 11.3. The number of carbonyl (C=O) groups is 2. The van der Waals surface area contributed by atoms with E-state index in [2.05, 4.69) is 13.2 Å². The third kappa shape index (κ3) is 11.9. The van der Waals surface area contributed by atoms with Crippen LogP contribution in [0.1, 0.15) is 26.7 Å². The summed E-state index contributed by atoms with van der Waals surface area (Å²) in [5.74, 6) is -1.64. The molecule has 0 aromatic rings. The Hall–Kier alpha value is -2.35. The Labute approximate surface area is 113 Å². The van der Waals surface area contributed by atoms with Crippen LogP contribution in [0.2, 0.25) is 0 Å². The Morgan fingerprint density at radius 1 is 1.47 bits per heavy atom. The second-order valence-corrected chi connectivity index (χ2v) is 3.48. The molecule has 0 aliphatic carbocycles. The van der Waals surface area contributed by atoms with Crippen LogP contribution in [0.4, 0.5) is 0 Å². The van der Waals surface area contributed by atoms with Crippen LogP contribution in [-0.2, 0) is 14.3 Å². The van der Waals surface area contributed by atoms with E-state index in [1.807, 2.05) is 6.92 Å². The van der Waals surface area contributed by atoms with E-state index in [0.717, 1.165) is 12.8 Å². The van der Waals surface area contributed by atoms with Crippen LogP contribution in [0.3, 0.4) is 0 Å². The number of carboxylic acid groups (broad SMARTS) is 1. The van der Waals surface area contributed by atoms with Gasteiger partial charge in [0.25, 0.3) is 0 Å². The zero-order chi connectivity index (χ0) is 15.3. The summed E-state index contributed by atoms with van der Waals surface area (Å²) < 4.78 is 4.85. The van der Waals surface area contributed by atoms with Crippen LogP contribution in [0.25, 0.3) is 0 Å². The van der Waals surface area contributed by atoms with Crippen molar-refractivity contribution in [2.45, 2.75) is 26.7 Å². The van der Waals surface area contributed by atoms with E-state index < -0.39 is 11.9 Å². The van der Waals surface area contributed by atoms with Crippen molar-refractivity contribution in [3.8, 4) is 6.07 Å². The third-order valence-electron chi connectivity index (χ3n) is 1.81. The smallest absolute Gasteiger partial charge is 0.337 e. The van der Waals surface area contributed by atoms with Gasteiger partial charge in [-0.2, -0.15) is 5.26 Å². The second-order valence-electron chi connectivity index (χ2n) is 3.48. The second kappa shape index (κ2) is 12.1. The topological polar surface area (TPSA) is 87.4 Å². The number of hydrogen-bond acceptors (Lipinski definition) is 4. The van der Waals surface area contributed by atoms with Gasteiger partial charge in [0.15, 0.2) is 0 Å². The Balaban J connectivity index is 0. The summed E-state index contributed by atoms with van der Waals surface area (Å²) in [6, 6.07) is 1.69. The zero-order valence-electron chi connectivity index (χ0n) is 11.3. The third-order valence-corrected chi connectivity index (χ3v) is 1.81. The number of unbranched alkanes of at least 4 members (excludes halogenated alkanes) is 1. The minimum absolute atomic E-state index is 0.0611. The molecule has 0 radical (unpaired) electrons. The molecule has 0 amide bonds. The highest BCUT2D eigenvalue weighted by molar-refractivity contribution is 5.94. The number of nitrogens with zero attached hydrogens (tertiary/aromatic N) is 1. The largest absolute Gasteiger partial charge is 0.478 e. The standard InChI is InChI=1S/C11H16O4.C3H3N/c1-4-5-6-15-11(14)9(3)7-8(2)10(12)13;1-2-3-4/h7H,3-6H2,1-2H3,(H,12,13);2H,1H2. The number of hydrogen-bond donors (Lipinski definition) is 1. The number of carboxylic acids is 1. The summed E-state index contributed by atoms with van der Waals surface area (Å²) >= 11 is 0. The molecule has 104 valence electrons. The van der Waals surface area contributed by atoms with E-state index in [9.17, 15) is 9.59 Å². The number of nitriles is 1. The molecule has 0 aromatic heterocycles. The molecule has 1 N–H and O–H groups in total. The van der Waals surface area contributed by atoms with Gasteiger partial charge in [-0.3, -0.25) is 0 Å². The number of ether oxygens (including phenoxy) is 1. The number of aliphatic carboxylic acids is 1. The lowest BCUT2D eigenvalue weighted by atomic mass is 10.2. The van der Waals surface area contributed by atoms with Gasteiger partial charge in [0.2, 0.25) is 0 Å². The summed E-state index contributed by atoms with van der Waals surface area (Å²) in [4.78, 5) is 21.7. The fourth-order valence-electron chi connectivity index (χ4n) is 0.784. The van der Waals surface area contributed by atoms with Crippen LogP contribution in [0.5, 0.6) is 0 Å². The highest BCUT2D eigenvalue weighted by atomic mass is 16.5. The van der Waals surface area contributed by atoms with Crippen molar-refractivity contribution >= 4 is 11.9 Å². The molecule has 0 bridgehead atoms. The van der Waals surface area contributed by atoms with Crippen LogP contribution in [-0.4, -0.2) is 23.7 Å². The van der Waals surface area contributed by atoms with Gasteiger partial charge in [-0.25, -0.2) is 9.59 Å². The van der Waals surface area contributed by atoms with Crippen molar-refractivity contribution in [2.75, 3.05) is 6.61 Å². The van der Waals surface area contributed by atoms with Crippen LogP contribution in [0.15, 0.2) is 36.5 Å². The molecule has 5 nitrogen and oxygen atoms in total. The number of allylic oxidation sites excluding steroid dienone is 1. The minimum atomic E-state index is -1.07. The Bertz CT molecular complexity index is 402. The lowest BCUT2D eigenvalue weighted by Crippen LogP contribution is -2.08. The van der Waals surface area contributed by atoms with E-state index in [0.29, 0.717) is 6.61 Å². The SMILES string of the molecule is C=C(C=C(C)C(=O)O)C(=O)OCCCC.C=CC#N. The fraction of sp³-hybridized carbons (Fsp3) is 0.357. The lowest BCUT2D eigenvalue weighted by molar-refractivity contribution is -0.138. The average molecular weight is 265 g/mol. The van der Waals surface area contributed by atoms with E-state index in [4.69, 9.17) is 15.1 Å². The normalized spacial score (nSPS) is 9.42. The van der Waals surface area contributed by atoms with Gasteiger partial charge in [-0.15, -0.1) is 0 Å². The van der Waals surface area contributed by atoms with Gasteiger partial charge < -0.3 is 9.84 Å². The number of carbonyl (C=O) groups excluding carboxylic acids is 1. The molecule has 0 aliphatic rings. The maximum atomic E-state index is 11.2. The molecule has 0 rings (SSSR count). The Kier molecular flexibility index (Phi) is 12.1. The first-order valence-electron chi connectivity index (χ1n) is 5.68. The van der Waals surface area contributed by atoms with Crippen molar-refractivity contribution in [1.29, 1.82) is 5.26 Å². The molecule has 0 aromatic carbocycles. The first kappa shape index (κ1) is 19.0. The van der Waals surface area contributed by atoms with E-state index in [1.165, 1.54) is 19.1 Å². The minimum Gasteiger partial charge on any atom is -0.478 e. The van der Waals surface area contributed by atoms with Crippen molar-refractivity contribution in [3.05, 3.63) is 36.5 Å². The van der Waals surface area contributed by atoms with E-state index in [1.54, 1.807) is 6.07 Å². The van der Waals surface area contributed by atoms with Crippen molar-refractivity contribution in [1.82, 2.24) is 0 Å². The van der Waals surface area contributed by atoms with Gasteiger partial charge in [0, 0.05) is 11.6 Å². The molecule has 0 atom stereocenters. The Morgan fingerprint density at radius 3 is 2.37 bits per heavy atom. The molecule has 0 aliphatic heterocycles. The molecular weight excluding hydrogens is 246 g/mol. The number of rotatable bonds is 6. The average Bonchev–Trinajstić information content (AvgIpc) is 2.38. The maximum Gasteiger partial charge on any atom is 0.337 e. The van der Waals surface area contributed by atoms with E-state index >= 15 is 0 Å². The van der Waals surface area contributed by atoms with Crippen molar-refractivity contribution in [3.63, 3.8) is 0 Å². The first-order valence-corrected chi connectivity index (χ1v) is 5.68. The highest BCUT2D eigenvalue weighted by Gasteiger charge is 2.08. The molecule has 0 unspecified atom stereocenters. The number of esters is 1. The molecular formula is C14H19NO4. The summed E-state index contributed by atoms with van der Waals surface area (Å²) in [6.45, 7) is 10.3. The van der Waals surface area contributed by atoms with Gasteiger partial charge in [0.05, 0.1) is 18.2 Å². The predicted octanol–water partition coefficient (Wildman–Crippen LogP) is 2.61. The van der Waals surface area contributed by atoms with Gasteiger partial charge in [-0.05, 0) is 19.4 Å². The molecule has 0 fully saturated rings. The van der Waals surface area contributed by atoms with Crippen molar-refractivity contribution < 1.29 is 19.4 Å². The quantitative estimate of drug-likeness (QED) is 0.262. The fourth-order valence-corrected chi connectivity index (χ4v) is 0.784. The van der Waals surface area contributed by atoms with Crippen LogP contribution >= 0.6 is 0 Å². The summed E-state index contributed by atoms with van der Waals surface area (Å²) in [5, 5.41) is 16.1. The van der Waals surface area contributed by atoms with Gasteiger partial charge in [0.1, 0.15) is 0 Å². The molecule has 0 spiro atoms. The molecule has 5 heteroatoms. The summed E-state index contributed by atoms with van der Waals surface area (Å²) in [7, 11) is 0. The van der Waals surface area contributed by atoms with E-state index in [-0.39, 0.29) is 11.1 Å². The Morgan fingerprint density at radius 2 is 2.00 bits per heavy atom. The summed E-state index contributed by atoms with van der Waals surface area (Å²) in [6.07, 6.45) is 4.11. The monoisotopic (exact) mass is 265 g/mol. The van der Waals surface area contributed by atoms with Gasteiger partial charge in [-0.1, -0.05) is 26.5 Å². The maximum absolute atomic E-state index is 11.2. The molecule has 0 saturated heterocycles. The predicted molar refractivity (Wildman–Crippen MR) is 72.2 cm³/mol. The lowest BCUT2D eigenvalue weighted by Gasteiger charge is -2.03. The first-order chi connectivity index (χ1) is 8.90. The molecule has 0 heterocycles.